The van der Waals surface area contributed by atoms with Gasteiger partial charge in [-0.25, -0.2) is 0 Å². The molecule has 8 aliphatic rings. The molecule has 0 unspecified atom stereocenters. The maximum Gasteiger partial charge on any atom is 0.0465 e. The molecule has 9 aromatic carbocycles. The summed E-state index contributed by atoms with van der Waals surface area (Å²) in [6, 6.07) is 77.6. The summed E-state index contributed by atoms with van der Waals surface area (Å²) < 4.78 is 0. The van der Waals surface area contributed by atoms with Gasteiger partial charge in [0, 0.05) is 55.8 Å². The maximum absolute atomic E-state index is 2.63. The Hall–Kier alpha value is -7.42. The molecule has 4 spiro atoms. The van der Waals surface area contributed by atoms with E-state index in [0.717, 1.165) is 0 Å². The van der Waals surface area contributed by atoms with Crippen LogP contribution in [0.5, 0.6) is 0 Å². The minimum atomic E-state index is 0.0584. The van der Waals surface area contributed by atoms with Crippen molar-refractivity contribution in [1.82, 2.24) is 0 Å². The molecule has 4 saturated carbocycles. The van der Waals surface area contributed by atoms with Gasteiger partial charge in [-0.1, -0.05) is 198 Å². The van der Waals surface area contributed by atoms with E-state index in [4.69, 9.17) is 0 Å². The van der Waals surface area contributed by atoms with E-state index >= 15 is 0 Å². The molecule has 0 heterocycles. The van der Waals surface area contributed by atoms with Gasteiger partial charge >= 0.3 is 0 Å². The fourth-order valence-electron chi connectivity index (χ4n) is 18.8. The van der Waals surface area contributed by atoms with Crippen LogP contribution in [0.25, 0.3) is 44.5 Å². The minimum Gasteiger partial charge on any atom is -0.310 e. The number of anilines is 6. The van der Waals surface area contributed by atoms with E-state index in [9.17, 15) is 0 Å². The van der Waals surface area contributed by atoms with Gasteiger partial charge in [0.05, 0.1) is 0 Å². The fourth-order valence-corrected chi connectivity index (χ4v) is 18.8. The van der Waals surface area contributed by atoms with Crippen LogP contribution in [0, 0.1) is 0 Å². The third-order valence-electron chi connectivity index (χ3n) is 22.2. The highest BCUT2D eigenvalue weighted by Gasteiger charge is 2.48. The Morgan fingerprint density at radius 2 is 0.388 bits per heavy atom. The predicted octanol–water partition coefficient (Wildman–Crippen LogP) is 21.5. The molecule has 0 saturated heterocycles. The lowest BCUT2D eigenvalue weighted by atomic mass is 9.67. The minimum absolute atomic E-state index is 0.0584. The van der Waals surface area contributed by atoms with Crippen molar-refractivity contribution in [3.05, 3.63) is 239 Å². The highest BCUT2D eigenvalue weighted by atomic mass is 15.2. The predicted molar refractivity (Wildman–Crippen MR) is 333 cm³/mol. The number of fused-ring (bicyclic) bond motifs is 20. The summed E-state index contributed by atoms with van der Waals surface area (Å²) in [6.45, 7) is 0. The van der Waals surface area contributed by atoms with Crippen LogP contribution in [0.4, 0.5) is 34.1 Å². The fraction of sp³-hybridized carbons (Fsp3) is 0.308. The van der Waals surface area contributed by atoms with E-state index in [1.807, 2.05) is 0 Å². The molecule has 4 fully saturated rings. The molecule has 0 aromatic heterocycles. The molecule has 394 valence electrons. The zero-order valence-electron chi connectivity index (χ0n) is 46.5. The number of hydrogen-bond acceptors (Lipinski definition) is 2. The highest BCUT2D eigenvalue weighted by Crippen LogP contribution is 2.62. The van der Waals surface area contributed by atoms with Crippen molar-refractivity contribution in [1.29, 1.82) is 0 Å². The number of rotatable bonds is 6. The standard InChI is InChI=1S/C78H72N2/c1-13-41-75(42-14-1)67-25-9-5-21-59(67)63-37-33-55(49-71(63)75)79(56-34-38-64-60-22-6-10-26-68(60)76(72(64)50-56)43-15-2-16-44-76)53-29-31-54(32-30-53)80(57-35-39-65-61-23-7-11-27-69(61)77(73(65)51-57)45-17-3-18-46-77)58-36-40-66-62-24-8-12-28-70(62)78(74(66)52-58)47-19-4-20-48-78/h5-12,21-40,49-52H,1-4,13-20,41-48H2. The van der Waals surface area contributed by atoms with Gasteiger partial charge in [0.15, 0.2) is 0 Å². The van der Waals surface area contributed by atoms with E-state index in [2.05, 4.69) is 204 Å². The Morgan fingerprint density at radius 1 is 0.188 bits per heavy atom. The molecular weight excluding hydrogens is 965 g/mol. The van der Waals surface area contributed by atoms with Crippen molar-refractivity contribution in [2.24, 2.45) is 0 Å². The first kappa shape index (κ1) is 47.4. The number of benzene rings is 9. The quantitative estimate of drug-likeness (QED) is 0.164. The second kappa shape index (κ2) is 18.0. The Balaban J connectivity index is 0.846. The Bertz CT molecular complexity index is 3450. The van der Waals surface area contributed by atoms with Crippen LogP contribution in [-0.4, -0.2) is 0 Å². The average molecular weight is 1040 g/mol. The van der Waals surface area contributed by atoms with Gasteiger partial charge in [0.25, 0.3) is 0 Å². The normalized spacial score (nSPS) is 19.4. The lowest BCUT2D eigenvalue weighted by molar-refractivity contribution is 0.353. The van der Waals surface area contributed by atoms with Crippen molar-refractivity contribution >= 4 is 34.1 Å². The smallest absolute Gasteiger partial charge is 0.0465 e. The van der Waals surface area contributed by atoms with Crippen LogP contribution < -0.4 is 9.80 Å². The molecule has 17 rings (SSSR count). The first-order valence-corrected chi connectivity index (χ1v) is 31.3. The number of nitrogens with zero attached hydrogens (tertiary/aromatic N) is 2. The molecule has 0 radical (unpaired) electrons. The van der Waals surface area contributed by atoms with Crippen molar-refractivity contribution in [3.8, 4) is 44.5 Å². The summed E-state index contributed by atoms with van der Waals surface area (Å²) in [7, 11) is 0. The first-order chi connectivity index (χ1) is 39.6. The molecule has 0 amide bonds. The molecular formula is C78H72N2. The third-order valence-corrected chi connectivity index (χ3v) is 22.2. The monoisotopic (exact) mass is 1040 g/mol. The van der Waals surface area contributed by atoms with Crippen molar-refractivity contribution < 1.29 is 0 Å². The molecule has 0 atom stereocenters. The molecule has 2 nitrogen and oxygen atoms in total. The SMILES string of the molecule is c1ccc2c(c1)-c1ccc(N(c3ccc(N(c4ccc5c(c4)C4(CCCCC4)c4ccccc4-5)c4ccc5c(c4)C4(CCCCC4)c4ccccc4-5)cc3)c3ccc4c(c3)C3(CCCCC3)c3ccccc3-4)cc1C21CCCCC1. The first-order valence-electron chi connectivity index (χ1n) is 31.3. The van der Waals surface area contributed by atoms with Gasteiger partial charge in [0.2, 0.25) is 0 Å². The molecule has 80 heavy (non-hydrogen) atoms. The Morgan fingerprint density at radius 3 is 0.625 bits per heavy atom. The summed E-state index contributed by atoms with van der Waals surface area (Å²) in [5.74, 6) is 0. The van der Waals surface area contributed by atoms with E-state index in [1.165, 1.54) is 229 Å². The van der Waals surface area contributed by atoms with Crippen LogP contribution in [-0.2, 0) is 21.7 Å². The van der Waals surface area contributed by atoms with Crippen LogP contribution in [0.3, 0.4) is 0 Å². The van der Waals surface area contributed by atoms with Crippen molar-refractivity contribution in [2.75, 3.05) is 9.80 Å². The van der Waals surface area contributed by atoms with Crippen LogP contribution in [0.15, 0.2) is 194 Å². The Labute approximate surface area is 474 Å². The van der Waals surface area contributed by atoms with Gasteiger partial charge in [-0.2, -0.15) is 0 Å². The zero-order valence-corrected chi connectivity index (χ0v) is 46.5. The summed E-state index contributed by atoms with van der Waals surface area (Å²) >= 11 is 0. The van der Waals surface area contributed by atoms with Gasteiger partial charge in [0.1, 0.15) is 0 Å². The molecule has 2 heteroatoms. The third kappa shape index (κ3) is 6.66. The van der Waals surface area contributed by atoms with Crippen molar-refractivity contribution in [3.63, 3.8) is 0 Å². The topological polar surface area (TPSA) is 6.48 Å². The molecule has 0 N–H and O–H groups in total. The van der Waals surface area contributed by atoms with Crippen LogP contribution >= 0.6 is 0 Å². The Kier molecular flexibility index (Phi) is 10.7. The van der Waals surface area contributed by atoms with Gasteiger partial charge in [-0.3, -0.25) is 0 Å². The zero-order chi connectivity index (χ0) is 52.6. The molecule has 0 bridgehead atoms. The van der Waals surface area contributed by atoms with E-state index in [-0.39, 0.29) is 21.7 Å². The van der Waals surface area contributed by atoms with Crippen LogP contribution in [0.2, 0.25) is 0 Å². The summed E-state index contributed by atoms with van der Waals surface area (Å²) in [5, 5.41) is 0. The van der Waals surface area contributed by atoms with Crippen molar-refractivity contribution in [2.45, 2.75) is 150 Å². The molecule has 9 aromatic rings. The number of hydrogen-bond donors (Lipinski definition) is 0. The lowest BCUT2D eigenvalue weighted by Crippen LogP contribution is -2.28. The largest absolute Gasteiger partial charge is 0.310 e. The van der Waals surface area contributed by atoms with Gasteiger partial charge in [-0.05, 0) is 213 Å². The van der Waals surface area contributed by atoms with Gasteiger partial charge < -0.3 is 9.80 Å². The van der Waals surface area contributed by atoms with Crippen LogP contribution in [0.1, 0.15) is 173 Å². The second-order valence-corrected chi connectivity index (χ2v) is 25.9. The summed E-state index contributed by atoms with van der Waals surface area (Å²) in [5.41, 5.74) is 31.5. The van der Waals surface area contributed by atoms with E-state index in [1.54, 1.807) is 22.3 Å². The average Bonchev–Trinajstić information content (AvgIpc) is 4.36. The summed E-state index contributed by atoms with van der Waals surface area (Å²) in [6.07, 6.45) is 25.3. The van der Waals surface area contributed by atoms with E-state index < -0.39 is 0 Å². The molecule has 8 aliphatic carbocycles. The second-order valence-electron chi connectivity index (χ2n) is 25.9. The highest BCUT2D eigenvalue weighted by molar-refractivity contribution is 5.92. The maximum atomic E-state index is 2.63. The summed E-state index contributed by atoms with van der Waals surface area (Å²) in [4.78, 5) is 5.26. The van der Waals surface area contributed by atoms with E-state index in [0.29, 0.717) is 0 Å². The molecule has 0 aliphatic heterocycles. The van der Waals surface area contributed by atoms with Gasteiger partial charge in [-0.15, -0.1) is 0 Å². The lowest BCUT2D eigenvalue weighted by Gasteiger charge is -2.38.